The van der Waals surface area contributed by atoms with Crippen LogP contribution in [0.5, 0.6) is 0 Å². The second kappa shape index (κ2) is 15.8. The maximum atomic E-state index is 13.2. The standard InChI is InChI=1S/C28H46N4O9P2/c1-8-38-43(35,39-9-2)18-14-28(12-13-28)19-22-24(41-42(37-17-10-15-29)32(20(3)4)21(5)6)25(36-7)26(40-22)31-16-11-23(33)30-27(31)34/h11,16,20-21,25-26H,8-10,12-14,17-19H2,1-7H3,(H,30,33,34)/t25?,26-,42?/m1/s1. The fourth-order valence-electron chi connectivity index (χ4n) is 5.17. The molecule has 0 amide bonds. The zero-order chi connectivity index (χ0) is 31.8. The van der Waals surface area contributed by atoms with Gasteiger partial charge in [-0.25, -0.2) is 9.46 Å². The Balaban J connectivity index is 2.00. The lowest BCUT2D eigenvalue weighted by molar-refractivity contribution is -0.0353. The van der Waals surface area contributed by atoms with E-state index < -0.39 is 39.7 Å². The number of aromatic nitrogens is 2. The van der Waals surface area contributed by atoms with Gasteiger partial charge in [-0.2, -0.15) is 5.26 Å². The third kappa shape index (κ3) is 9.24. The van der Waals surface area contributed by atoms with Gasteiger partial charge in [-0.1, -0.05) is 0 Å². The molecular formula is C28H46N4O9P2. The molecule has 43 heavy (non-hydrogen) atoms. The largest absolute Gasteiger partial charge is 0.467 e. The lowest BCUT2D eigenvalue weighted by Gasteiger charge is -2.36. The third-order valence-electron chi connectivity index (χ3n) is 7.33. The lowest BCUT2D eigenvalue weighted by Crippen LogP contribution is -2.37. The minimum Gasteiger partial charge on any atom is -0.467 e. The van der Waals surface area contributed by atoms with Gasteiger partial charge in [-0.05, 0) is 66.2 Å². The third-order valence-corrected chi connectivity index (χ3v) is 11.5. The van der Waals surface area contributed by atoms with Crippen LogP contribution in [0, 0.1) is 16.7 Å². The minimum absolute atomic E-state index is 0.0548. The monoisotopic (exact) mass is 644 g/mol. The molecule has 1 fully saturated rings. The zero-order valence-electron chi connectivity index (χ0n) is 26.2. The van der Waals surface area contributed by atoms with Gasteiger partial charge in [-0.3, -0.25) is 18.9 Å². The summed E-state index contributed by atoms with van der Waals surface area (Å²) >= 11 is 0. The molecule has 1 aliphatic carbocycles. The summed E-state index contributed by atoms with van der Waals surface area (Å²) in [6, 6.07) is 3.46. The number of hydrogen-bond donors (Lipinski definition) is 1. The number of nitrogens with zero attached hydrogens (tertiary/aromatic N) is 3. The summed E-state index contributed by atoms with van der Waals surface area (Å²) in [7, 11) is -3.45. The highest BCUT2D eigenvalue weighted by Gasteiger charge is 2.50. The van der Waals surface area contributed by atoms with Crippen molar-refractivity contribution in [3.63, 3.8) is 0 Å². The van der Waals surface area contributed by atoms with Crippen molar-refractivity contribution < 1.29 is 32.1 Å². The van der Waals surface area contributed by atoms with Gasteiger partial charge in [0.25, 0.3) is 5.56 Å². The summed E-state index contributed by atoms with van der Waals surface area (Å²) in [6.45, 7) is 12.5. The van der Waals surface area contributed by atoms with Crippen LogP contribution in [0.2, 0.25) is 0 Å². The van der Waals surface area contributed by atoms with E-state index in [1.807, 2.05) is 27.7 Å². The van der Waals surface area contributed by atoms with E-state index in [0.29, 0.717) is 37.6 Å². The molecule has 1 aliphatic heterocycles. The van der Waals surface area contributed by atoms with E-state index in [9.17, 15) is 14.2 Å². The van der Waals surface area contributed by atoms with Crippen LogP contribution >= 0.6 is 16.1 Å². The molecule has 2 unspecified atom stereocenters. The SMILES string of the molecule is CCOP(=O)(CCC1(CC2=C(OP(OCCC#N)N(C(C)C)C(C)C)C(OC)[C@H](n3ccc(=O)[nH]c3=O)O2)CC1)OCC. The quantitative estimate of drug-likeness (QED) is 0.152. The number of methoxy groups -OCH3 is 1. The highest BCUT2D eigenvalue weighted by Crippen LogP contribution is 2.61. The molecule has 0 aromatic carbocycles. The first-order chi connectivity index (χ1) is 20.4. The molecule has 1 N–H and O–H groups in total. The molecule has 2 aliphatic rings. The second-order valence-corrected chi connectivity index (χ2v) is 14.8. The average Bonchev–Trinajstić information content (AvgIpc) is 3.62. The van der Waals surface area contributed by atoms with Crippen LogP contribution in [-0.4, -0.2) is 65.5 Å². The second-order valence-electron chi connectivity index (χ2n) is 11.2. The Labute approximate surface area is 254 Å². The smallest absolute Gasteiger partial charge is 0.331 e. The first-order valence-corrected chi connectivity index (χ1v) is 17.7. The van der Waals surface area contributed by atoms with Crippen molar-refractivity contribution in [3.05, 3.63) is 44.6 Å². The van der Waals surface area contributed by atoms with E-state index in [-0.39, 0.29) is 36.7 Å². The summed E-state index contributed by atoms with van der Waals surface area (Å²) in [4.78, 5) is 26.9. The van der Waals surface area contributed by atoms with Gasteiger partial charge in [0, 0.05) is 37.9 Å². The normalized spacial score (nSPS) is 20.5. The number of allylic oxidation sites excluding steroid dienone is 1. The van der Waals surface area contributed by atoms with Gasteiger partial charge in [0.15, 0.2) is 11.9 Å². The van der Waals surface area contributed by atoms with Gasteiger partial charge >= 0.3 is 21.8 Å². The van der Waals surface area contributed by atoms with Crippen molar-refractivity contribution in [1.82, 2.24) is 14.2 Å². The minimum atomic E-state index is -3.24. The molecule has 3 atom stereocenters. The number of hydrogen-bond acceptors (Lipinski definition) is 11. The highest BCUT2D eigenvalue weighted by molar-refractivity contribution is 7.53. The number of nitriles is 1. The van der Waals surface area contributed by atoms with Crippen molar-refractivity contribution in [2.45, 2.75) is 98.1 Å². The van der Waals surface area contributed by atoms with Crippen molar-refractivity contribution in [2.75, 3.05) is 33.1 Å². The molecule has 1 saturated carbocycles. The summed E-state index contributed by atoms with van der Waals surface area (Å²) in [5.74, 6) is 0.892. The zero-order valence-corrected chi connectivity index (χ0v) is 28.0. The predicted molar refractivity (Wildman–Crippen MR) is 162 cm³/mol. The van der Waals surface area contributed by atoms with E-state index >= 15 is 0 Å². The molecule has 242 valence electrons. The number of aromatic amines is 1. The molecule has 1 aromatic heterocycles. The highest BCUT2D eigenvalue weighted by atomic mass is 31.2. The fraction of sp³-hybridized carbons (Fsp3) is 0.750. The van der Waals surface area contributed by atoms with Crippen LogP contribution in [0.15, 0.2) is 33.4 Å². The van der Waals surface area contributed by atoms with Crippen molar-refractivity contribution in [2.24, 2.45) is 5.41 Å². The molecule has 2 heterocycles. The maximum absolute atomic E-state index is 13.2. The molecule has 3 rings (SSSR count). The van der Waals surface area contributed by atoms with E-state index in [2.05, 4.69) is 15.7 Å². The summed E-state index contributed by atoms with van der Waals surface area (Å²) in [5, 5.41) is 9.14. The van der Waals surface area contributed by atoms with Crippen molar-refractivity contribution >= 4 is 16.1 Å². The Morgan fingerprint density at radius 1 is 1.21 bits per heavy atom. The van der Waals surface area contributed by atoms with Gasteiger partial charge in [-0.15, -0.1) is 0 Å². The van der Waals surface area contributed by atoms with E-state index in [1.165, 1.54) is 23.9 Å². The summed E-state index contributed by atoms with van der Waals surface area (Å²) < 4.78 is 52.8. The van der Waals surface area contributed by atoms with Gasteiger partial charge < -0.3 is 27.6 Å². The first-order valence-electron chi connectivity index (χ1n) is 14.8. The Bertz CT molecular complexity index is 1280. The maximum Gasteiger partial charge on any atom is 0.331 e. The topological polar surface area (TPSA) is 154 Å². The van der Waals surface area contributed by atoms with E-state index in [0.717, 1.165) is 12.8 Å². The number of nitrogens with one attached hydrogen (secondary N) is 1. The molecule has 0 saturated heterocycles. The molecule has 0 spiro atoms. The lowest BCUT2D eigenvalue weighted by atomic mass is 9.97. The van der Waals surface area contributed by atoms with Gasteiger partial charge in [0.05, 0.1) is 38.5 Å². The van der Waals surface area contributed by atoms with E-state index in [1.54, 1.807) is 13.8 Å². The van der Waals surface area contributed by atoms with Crippen LogP contribution in [0.4, 0.5) is 0 Å². The molecule has 1 aromatic rings. The fourth-order valence-corrected chi connectivity index (χ4v) is 8.70. The summed E-state index contributed by atoms with van der Waals surface area (Å²) in [5.41, 5.74) is -1.40. The molecule has 0 radical (unpaired) electrons. The molecular weight excluding hydrogens is 598 g/mol. The number of rotatable bonds is 19. The van der Waals surface area contributed by atoms with Crippen LogP contribution in [0.3, 0.4) is 0 Å². The summed E-state index contributed by atoms with van der Waals surface area (Å²) in [6.07, 6.45) is 2.84. The Morgan fingerprint density at radius 2 is 1.86 bits per heavy atom. The van der Waals surface area contributed by atoms with E-state index in [4.69, 9.17) is 32.8 Å². The van der Waals surface area contributed by atoms with Crippen molar-refractivity contribution in [3.8, 4) is 6.07 Å². The number of ether oxygens (including phenoxy) is 2. The van der Waals surface area contributed by atoms with Gasteiger partial charge in [0.1, 0.15) is 5.76 Å². The Kier molecular flexibility index (Phi) is 13.0. The van der Waals surface area contributed by atoms with Gasteiger partial charge in [0.2, 0.25) is 6.23 Å². The average molecular weight is 645 g/mol. The molecule has 13 nitrogen and oxygen atoms in total. The van der Waals surface area contributed by atoms with Crippen molar-refractivity contribution in [1.29, 1.82) is 5.26 Å². The molecule has 15 heteroatoms. The Hall–Kier alpha value is -2.03. The molecule has 0 bridgehead atoms. The first kappa shape index (κ1) is 35.4. The van der Waals surface area contributed by atoms with Crippen LogP contribution in [0.25, 0.3) is 0 Å². The number of H-pyrrole nitrogens is 1. The van der Waals surface area contributed by atoms with Crippen LogP contribution < -0.4 is 11.2 Å². The Morgan fingerprint density at radius 3 is 2.37 bits per heavy atom. The predicted octanol–water partition coefficient (Wildman–Crippen LogP) is 5.41. The van der Waals surface area contributed by atoms with Crippen LogP contribution in [-0.2, 0) is 32.1 Å². The van der Waals surface area contributed by atoms with Crippen LogP contribution in [0.1, 0.15) is 79.9 Å².